The minimum absolute atomic E-state index is 0. The van der Waals surface area contributed by atoms with Crippen molar-refractivity contribution in [1.29, 1.82) is 0 Å². The zero-order chi connectivity index (χ0) is 12.5. The third-order valence-electron chi connectivity index (χ3n) is 2.06. The van der Waals surface area contributed by atoms with E-state index in [1.807, 2.05) is 30.3 Å². The van der Waals surface area contributed by atoms with Crippen LogP contribution in [0.25, 0.3) is 0 Å². The second-order valence-corrected chi connectivity index (χ2v) is 3.96. The third kappa shape index (κ3) is 7.37. The lowest BCUT2D eigenvalue weighted by Gasteiger charge is -2.14. The van der Waals surface area contributed by atoms with Crippen molar-refractivity contribution in [2.45, 2.75) is 19.9 Å². The van der Waals surface area contributed by atoms with Crippen LogP contribution < -0.4 is 15.4 Å². The van der Waals surface area contributed by atoms with E-state index in [4.69, 9.17) is 4.74 Å². The van der Waals surface area contributed by atoms with E-state index in [1.165, 1.54) is 0 Å². The lowest BCUT2D eigenvalue weighted by molar-refractivity contribution is 0.322. The van der Waals surface area contributed by atoms with Crippen molar-refractivity contribution >= 4 is 29.9 Å². The molecule has 0 fully saturated rings. The number of hydrogen-bond acceptors (Lipinski definition) is 2. The van der Waals surface area contributed by atoms with Gasteiger partial charge in [-0.1, -0.05) is 18.2 Å². The van der Waals surface area contributed by atoms with Gasteiger partial charge in [0.15, 0.2) is 5.96 Å². The fourth-order valence-corrected chi connectivity index (χ4v) is 1.32. The molecule has 0 saturated heterocycles. The van der Waals surface area contributed by atoms with Crippen LogP contribution in [0.1, 0.15) is 13.8 Å². The molecule has 1 rings (SSSR count). The van der Waals surface area contributed by atoms with Crippen molar-refractivity contribution in [2.75, 3.05) is 20.2 Å². The largest absolute Gasteiger partial charge is 0.492 e. The minimum atomic E-state index is 0. The first-order chi connectivity index (χ1) is 8.22. The van der Waals surface area contributed by atoms with Crippen molar-refractivity contribution in [3.05, 3.63) is 30.3 Å². The average molecular weight is 363 g/mol. The zero-order valence-corrected chi connectivity index (χ0v) is 13.5. The van der Waals surface area contributed by atoms with E-state index in [0.717, 1.165) is 18.3 Å². The number of guanidine groups is 1. The zero-order valence-electron chi connectivity index (χ0n) is 11.1. The molecule has 1 aromatic rings. The van der Waals surface area contributed by atoms with E-state index in [0.29, 0.717) is 12.6 Å². The van der Waals surface area contributed by atoms with Gasteiger partial charge >= 0.3 is 0 Å². The van der Waals surface area contributed by atoms with Crippen molar-refractivity contribution < 1.29 is 4.74 Å². The molecule has 0 aliphatic carbocycles. The summed E-state index contributed by atoms with van der Waals surface area (Å²) in [6.07, 6.45) is 0. The van der Waals surface area contributed by atoms with Crippen molar-refractivity contribution in [3.8, 4) is 5.75 Å². The summed E-state index contributed by atoms with van der Waals surface area (Å²) >= 11 is 0. The van der Waals surface area contributed by atoms with Crippen LogP contribution in [0.5, 0.6) is 5.75 Å². The molecule has 1 aromatic carbocycles. The highest BCUT2D eigenvalue weighted by Crippen LogP contribution is 2.07. The molecule has 0 aliphatic heterocycles. The number of aliphatic imine (C=N–C) groups is 1. The molecule has 0 amide bonds. The normalized spacial score (nSPS) is 10.8. The predicted octanol–water partition coefficient (Wildman–Crippen LogP) is 2.26. The molecular formula is C13H22IN3O. The summed E-state index contributed by atoms with van der Waals surface area (Å²) in [6, 6.07) is 10.2. The van der Waals surface area contributed by atoms with E-state index in [9.17, 15) is 0 Å². The number of nitrogens with zero attached hydrogens (tertiary/aromatic N) is 1. The lowest BCUT2D eigenvalue weighted by Crippen LogP contribution is -2.42. The van der Waals surface area contributed by atoms with Crippen LogP contribution in [-0.4, -0.2) is 32.2 Å². The lowest BCUT2D eigenvalue weighted by atomic mass is 10.3. The summed E-state index contributed by atoms with van der Waals surface area (Å²) in [5.41, 5.74) is 0. The van der Waals surface area contributed by atoms with Crippen LogP contribution in [0.3, 0.4) is 0 Å². The Balaban J connectivity index is 0.00000289. The molecule has 102 valence electrons. The molecule has 0 unspecified atom stereocenters. The predicted molar refractivity (Wildman–Crippen MR) is 87.0 cm³/mol. The molecule has 0 aliphatic rings. The van der Waals surface area contributed by atoms with E-state index in [-0.39, 0.29) is 24.0 Å². The Morgan fingerprint density at radius 3 is 2.50 bits per heavy atom. The fourth-order valence-electron chi connectivity index (χ4n) is 1.32. The summed E-state index contributed by atoms with van der Waals surface area (Å²) in [4.78, 5) is 4.11. The van der Waals surface area contributed by atoms with E-state index in [1.54, 1.807) is 7.05 Å². The third-order valence-corrected chi connectivity index (χ3v) is 2.06. The van der Waals surface area contributed by atoms with Crippen LogP contribution in [0.2, 0.25) is 0 Å². The van der Waals surface area contributed by atoms with Crippen molar-refractivity contribution in [3.63, 3.8) is 0 Å². The number of rotatable bonds is 5. The van der Waals surface area contributed by atoms with Crippen LogP contribution in [-0.2, 0) is 0 Å². The molecule has 0 saturated carbocycles. The van der Waals surface area contributed by atoms with E-state index >= 15 is 0 Å². The van der Waals surface area contributed by atoms with Gasteiger partial charge in [0.2, 0.25) is 0 Å². The smallest absolute Gasteiger partial charge is 0.191 e. The average Bonchev–Trinajstić information content (AvgIpc) is 2.34. The summed E-state index contributed by atoms with van der Waals surface area (Å²) in [7, 11) is 1.76. The van der Waals surface area contributed by atoms with Crippen LogP contribution in [0, 0.1) is 0 Å². The van der Waals surface area contributed by atoms with Gasteiger partial charge in [-0.25, -0.2) is 0 Å². The minimum Gasteiger partial charge on any atom is -0.492 e. The number of benzene rings is 1. The van der Waals surface area contributed by atoms with E-state index < -0.39 is 0 Å². The second-order valence-electron chi connectivity index (χ2n) is 3.96. The Bertz CT molecular complexity index is 341. The summed E-state index contributed by atoms with van der Waals surface area (Å²) in [5, 5.41) is 6.40. The first-order valence-corrected chi connectivity index (χ1v) is 5.87. The highest BCUT2D eigenvalue weighted by molar-refractivity contribution is 14.0. The Labute approximate surface area is 126 Å². The van der Waals surface area contributed by atoms with Gasteiger partial charge in [0, 0.05) is 13.1 Å². The Hall–Kier alpha value is -0.980. The molecule has 2 N–H and O–H groups in total. The SMILES string of the molecule is CN=C(NCCOc1ccccc1)NC(C)C.I. The first-order valence-electron chi connectivity index (χ1n) is 5.87. The standard InChI is InChI=1S/C13H21N3O.HI/c1-11(2)16-13(14-3)15-9-10-17-12-7-5-4-6-8-12;/h4-8,11H,9-10H2,1-3H3,(H2,14,15,16);1H. The maximum Gasteiger partial charge on any atom is 0.191 e. The summed E-state index contributed by atoms with van der Waals surface area (Å²) < 4.78 is 5.56. The topological polar surface area (TPSA) is 45.7 Å². The Morgan fingerprint density at radius 1 is 1.28 bits per heavy atom. The number of ether oxygens (including phenoxy) is 1. The van der Waals surface area contributed by atoms with Gasteiger partial charge in [0.05, 0.1) is 6.54 Å². The second kappa shape index (κ2) is 9.99. The molecule has 0 heterocycles. The molecule has 18 heavy (non-hydrogen) atoms. The van der Waals surface area contributed by atoms with Crippen molar-refractivity contribution in [2.24, 2.45) is 4.99 Å². The van der Waals surface area contributed by atoms with Gasteiger partial charge in [-0.15, -0.1) is 24.0 Å². The molecule has 0 bridgehead atoms. The fraction of sp³-hybridized carbons (Fsp3) is 0.462. The van der Waals surface area contributed by atoms with E-state index in [2.05, 4.69) is 29.5 Å². The number of halogens is 1. The van der Waals surface area contributed by atoms with Crippen LogP contribution >= 0.6 is 24.0 Å². The maximum absolute atomic E-state index is 5.56. The molecule has 0 atom stereocenters. The molecule has 0 spiro atoms. The van der Waals surface area contributed by atoms with Crippen molar-refractivity contribution in [1.82, 2.24) is 10.6 Å². The number of hydrogen-bond donors (Lipinski definition) is 2. The summed E-state index contributed by atoms with van der Waals surface area (Å²) in [5.74, 6) is 1.69. The van der Waals surface area contributed by atoms with Gasteiger partial charge in [-0.05, 0) is 26.0 Å². The molecule has 0 radical (unpaired) electrons. The molecule has 5 heteroatoms. The highest BCUT2D eigenvalue weighted by Gasteiger charge is 1.98. The summed E-state index contributed by atoms with van der Waals surface area (Å²) in [6.45, 7) is 5.49. The maximum atomic E-state index is 5.56. The number of para-hydroxylation sites is 1. The number of nitrogens with one attached hydrogen (secondary N) is 2. The van der Waals surface area contributed by atoms with Gasteiger partial charge < -0.3 is 15.4 Å². The van der Waals surface area contributed by atoms with Crippen LogP contribution in [0.4, 0.5) is 0 Å². The molecular weight excluding hydrogens is 341 g/mol. The highest BCUT2D eigenvalue weighted by atomic mass is 127. The van der Waals surface area contributed by atoms with Crippen LogP contribution in [0.15, 0.2) is 35.3 Å². The Kier molecular flexibility index (Phi) is 9.45. The van der Waals surface area contributed by atoms with Gasteiger partial charge in [0.25, 0.3) is 0 Å². The van der Waals surface area contributed by atoms with Gasteiger partial charge in [-0.3, -0.25) is 4.99 Å². The molecule has 4 nitrogen and oxygen atoms in total. The monoisotopic (exact) mass is 363 g/mol. The quantitative estimate of drug-likeness (QED) is 0.365. The molecule has 0 aromatic heterocycles. The first kappa shape index (κ1) is 17.0. The van der Waals surface area contributed by atoms with Gasteiger partial charge in [0.1, 0.15) is 12.4 Å². The van der Waals surface area contributed by atoms with Gasteiger partial charge in [-0.2, -0.15) is 0 Å². The Morgan fingerprint density at radius 2 is 1.94 bits per heavy atom.